The zero-order valence-corrected chi connectivity index (χ0v) is 13.8. The summed E-state index contributed by atoms with van der Waals surface area (Å²) in [6.07, 6.45) is -0.940. The Hall–Kier alpha value is -2.59. The van der Waals surface area contributed by atoms with Crippen molar-refractivity contribution in [1.29, 1.82) is 21.2 Å². The van der Waals surface area contributed by atoms with Crippen LogP contribution in [0.3, 0.4) is 0 Å². The van der Waals surface area contributed by atoms with Crippen molar-refractivity contribution in [2.24, 2.45) is 16.7 Å². The lowest BCUT2D eigenvalue weighted by Gasteiger charge is -2.47. The number of halogens is 1. The van der Waals surface area contributed by atoms with E-state index in [4.69, 9.17) is 26.5 Å². The van der Waals surface area contributed by atoms with Gasteiger partial charge in [-0.3, -0.25) is 5.41 Å². The summed E-state index contributed by atoms with van der Waals surface area (Å²) >= 11 is 6.06. The minimum absolute atomic E-state index is 0.426. The maximum atomic E-state index is 9.89. The van der Waals surface area contributed by atoms with Gasteiger partial charge in [-0.2, -0.15) is 15.8 Å². The van der Waals surface area contributed by atoms with Crippen LogP contribution in [0.2, 0.25) is 5.02 Å². The molecule has 0 spiro atoms. The van der Waals surface area contributed by atoms with Crippen LogP contribution in [-0.4, -0.2) is 12.0 Å². The molecule has 0 aliphatic carbocycles. The Balaban J connectivity index is 2.32. The van der Waals surface area contributed by atoms with Crippen LogP contribution < -0.4 is 0 Å². The third-order valence-corrected chi connectivity index (χ3v) is 5.41. The highest BCUT2D eigenvalue weighted by Crippen LogP contribution is 2.65. The molecule has 7 heteroatoms. The molecule has 0 radical (unpaired) electrons. The first-order valence-corrected chi connectivity index (χ1v) is 7.68. The van der Waals surface area contributed by atoms with Crippen molar-refractivity contribution in [3.8, 4) is 18.2 Å². The van der Waals surface area contributed by atoms with E-state index in [0.29, 0.717) is 10.6 Å². The van der Waals surface area contributed by atoms with Crippen molar-refractivity contribution in [3.63, 3.8) is 0 Å². The van der Waals surface area contributed by atoms with Crippen molar-refractivity contribution in [2.75, 3.05) is 0 Å². The van der Waals surface area contributed by atoms with E-state index in [-0.39, 0.29) is 0 Å². The van der Waals surface area contributed by atoms with Crippen molar-refractivity contribution < 1.29 is 9.47 Å². The molecule has 120 valence electrons. The first kappa shape index (κ1) is 16.3. The van der Waals surface area contributed by atoms with Crippen LogP contribution in [0.5, 0.6) is 0 Å². The number of rotatable bonds is 1. The predicted molar refractivity (Wildman–Crippen MR) is 83.4 cm³/mol. The normalized spacial score (nSPS) is 36.1. The minimum Gasteiger partial charge on any atom is -0.443 e. The Bertz CT molecular complexity index is 851. The van der Waals surface area contributed by atoms with Gasteiger partial charge in [0.1, 0.15) is 0 Å². The average molecular weight is 341 g/mol. The molecule has 4 unspecified atom stereocenters. The molecular weight excluding hydrogens is 328 g/mol. The lowest BCUT2D eigenvalue weighted by Crippen LogP contribution is -2.60. The van der Waals surface area contributed by atoms with Crippen LogP contribution >= 0.6 is 11.6 Å². The van der Waals surface area contributed by atoms with E-state index in [0.717, 1.165) is 0 Å². The Morgan fingerprint density at radius 3 is 2.38 bits per heavy atom. The van der Waals surface area contributed by atoms with Crippen molar-refractivity contribution in [3.05, 3.63) is 34.9 Å². The third-order valence-electron chi connectivity index (χ3n) is 5.17. The Labute approximate surface area is 144 Å². The molecule has 6 nitrogen and oxygen atoms in total. The van der Waals surface area contributed by atoms with Gasteiger partial charge in [-0.05, 0) is 19.1 Å². The number of nitrogens with one attached hydrogen (secondary N) is 1. The molecule has 24 heavy (non-hydrogen) atoms. The largest absolute Gasteiger partial charge is 0.443 e. The molecule has 1 aromatic carbocycles. The monoisotopic (exact) mass is 340 g/mol. The second-order valence-electron chi connectivity index (χ2n) is 6.04. The van der Waals surface area contributed by atoms with Gasteiger partial charge in [-0.1, -0.05) is 30.7 Å². The maximum Gasteiger partial charge on any atom is 0.243 e. The molecule has 2 bridgehead atoms. The smallest absolute Gasteiger partial charge is 0.243 e. The van der Waals surface area contributed by atoms with Crippen molar-refractivity contribution in [2.45, 2.75) is 25.7 Å². The van der Waals surface area contributed by atoms with E-state index in [1.54, 1.807) is 38.1 Å². The quantitative estimate of drug-likeness (QED) is 0.843. The number of fused-ring (bicyclic) bond motifs is 2. The summed E-state index contributed by atoms with van der Waals surface area (Å²) in [5, 5.41) is 38.0. The first-order chi connectivity index (χ1) is 11.3. The molecule has 0 aromatic heterocycles. The van der Waals surface area contributed by atoms with Gasteiger partial charge < -0.3 is 9.47 Å². The third kappa shape index (κ3) is 1.54. The fourth-order valence-electron chi connectivity index (χ4n) is 3.82. The maximum absolute atomic E-state index is 9.89. The van der Waals surface area contributed by atoms with Gasteiger partial charge >= 0.3 is 0 Å². The number of nitrogens with zero attached hydrogens (tertiary/aromatic N) is 3. The molecule has 4 atom stereocenters. The zero-order valence-electron chi connectivity index (χ0n) is 13.0. The second-order valence-corrected chi connectivity index (χ2v) is 6.48. The molecule has 2 heterocycles. The number of hydrogen-bond donors (Lipinski definition) is 1. The van der Waals surface area contributed by atoms with E-state index in [9.17, 15) is 15.8 Å². The summed E-state index contributed by atoms with van der Waals surface area (Å²) in [6, 6.07) is 12.6. The number of hydrogen-bond acceptors (Lipinski definition) is 6. The Morgan fingerprint density at radius 1 is 1.17 bits per heavy atom. The standard InChI is InChI=1S/C17H13ClN4O2/c1-10-16(9-21)14(22)24-17(10,12-4-3-5-13(18)6-12)23-11(2)15(16,7-19)8-20/h3-6,10-11,22H,1-2H3. The van der Waals surface area contributed by atoms with Crippen molar-refractivity contribution >= 4 is 17.5 Å². The number of nitriles is 3. The topological polar surface area (TPSA) is 114 Å². The molecule has 3 rings (SSSR count). The van der Waals surface area contributed by atoms with Crippen LogP contribution in [0.4, 0.5) is 0 Å². The average Bonchev–Trinajstić information content (AvgIpc) is 2.73. The van der Waals surface area contributed by atoms with E-state index in [2.05, 4.69) is 0 Å². The van der Waals surface area contributed by atoms with Gasteiger partial charge in [0.25, 0.3) is 0 Å². The SMILES string of the molecule is CC1OC2(c3cccc(Cl)c3)OC(=N)C(C#N)(C2C)C1(C#N)C#N. The fraction of sp³-hybridized carbons (Fsp3) is 0.412. The number of ether oxygens (including phenoxy) is 2. The molecule has 2 aliphatic rings. The molecular formula is C17H13ClN4O2. The first-order valence-electron chi connectivity index (χ1n) is 7.30. The van der Waals surface area contributed by atoms with Gasteiger partial charge in [-0.25, -0.2) is 0 Å². The summed E-state index contributed by atoms with van der Waals surface area (Å²) in [5.74, 6) is -2.62. The Kier molecular flexibility index (Phi) is 3.36. The van der Waals surface area contributed by atoms with E-state index in [1.807, 2.05) is 18.2 Å². The highest BCUT2D eigenvalue weighted by molar-refractivity contribution is 6.30. The van der Waals surface area contributed by atoms with Crippen LogP contribution in [0.1, 0.15) is 19.4 Å². The van der Waals surface area contributed by atoms with Crippen LogP contribution in [-0.2, 0) is 15.3 Å². The summed E-state index contributed by atoms with van der Waals surface area (Å²) in [7, 11) is 0. The van der Waals surface area contributed by atoms with E-state index >= 15 is 0 Å². The molecule has 2 saturated heterocycles. The summed E-state index contributed by atoms with van der Waals surface area (Å²) in [5.41, 5.74) is -3.02. The van der Waals surface area contributed by atoms with Gasteiger partial charge in [0, 0.05) is 10.6 Å². The minimum atomic E-state index is -1.84. The molecule has 0 amide bonds. The lowest BCUT2D eigenvalue weighted by atomic mass is 9.54. The fourth-order valence-corrected chi connectivity index (χ4v) is 4.01. The molecule has 1 N–H and O–H groups in total. The summed E-state index contributed by atoms with van der Waals surface area (Å²) in [4.78, 5) is 0. The Morgan fingerprint density at radius 2 is 1.83 bits per heavy atom. The summed E-state index contributed by atoms with van der Waals surface area (Å²) in [6.45, 7) is 3.20. The van der Waals surface area contributed by atoms with Crippen LogP contribution in [0, 0.1) is 56.2 Å². The molecule has 0 saturated carbocycles. The highest BCUT2D eigenvalue weighted by Gasteiger charge is 2.78. The summed E-state index contributed by atoms with van der Waals surface area (Å²) < 4.78 is 11.7. The van der Waals surface area contributed by atoms with E-state index in [1.165, 1.54) is 0 Å². The predicted octanol–water partition coefficient (Wildman–Crippen LogP) is 3.10. The van der Waals surface area contributed by atoms with Crippen LogP contribution in [0.25, 0.3) is 0 Å². The van der Waals surface area contributed by atoms with Gasteiger partial charge in [0.15, 0.2) is 10.8 Å². The van der Waals surface area contributed by atoms with Gasteiger partial charge in [0.2, 0.25) is 11.7 Å². The van der Waals surface area contributed by atoms with Gasteiger partial charge in [0.05, 0.1) is 30.2 Å². The molecule has 2 aliphatic heterocycles. The number of benzene rings is 1. The highest BCUT2D eigenvalue weighted by atomic mass is 35.5. The van der Waals surface area contributed by atoms with Crippen LogP contribution in [0.15, 0.2) is 24.3 Å². The lowest BCUT2D eigenvalue weighted by molar-refractivity contribution is -0.280. The molecule has 1 aromatic rings. The van der Waals surface area contributed by atoms with Crippen molar-refractivity contribution in [1.82, 2.24) is 0 Å². The molecule has 2 fully saturated rings. The second kappa shape index (κ2) is 4.95. The van der Waals surface area contributed by atoms with Gasteiger partial charge in [-0.15, -0.1) is 0 Å². The van der Waals surface area contributed by atoms with E-state index < -0.39 is 34.5 Å². The zero-order chi connectivity index (χ0) is 17.8.